The monoisotopic (exact) mass is 791 g/mol. The highest BCUT2D eigenvalue weighted by molar-refractivity contribution is 5.89. The van der Waals surface area contributed by atoms with E-state index in [1.165, 1.54) is 104 Å². The number of fused-ring (bicyclic) bond motifs is 3. The Labute approximate surface area is 361 Å². The third-order valence-electron chi connectivity index (χ3n) is 14.7. The Morgan fingerprint density at radius 1 is 0.417 bits per heavy atom. The summed E-state index contributed by atoms with van der Waals surface area (Å²) in [7, 11) is 0. The Kier molecular flexibility index (Phi) is 9.58. The molecule has 6 aromatic rings. The summed E-state index contributed by atoms with van der Waals surface area (Å²) in [6.45, 7) is 28.2. The van der Waals surface area contributed by atoms with Crippen molar-refractivity contribution in [1.29, 1.82) is 0 Å². The summed E-state index contributed by atoms with van der Waals surface area (Å²) >= 11 is 0. The van der Waals surface area contributed by atoms with E-state index in [9.17, 15) is 0 Å². The van der Waals surface area contributed by atoms with E-state index >= 15 is 0 Å². The van der Waals surface area contributed by atoms with Crippen LogP contribution < -0.4 is 9.80 Å². The molecule has 0 bridgehead atoms. The third-order valence-corrected chi connectivity index (χ3v) is 14.7. The number of anilines is 6. The van der Waals surface area contributed by atoms with E-state index < -0.39 is 0 Å². The summed E-state index contributed by atoms with van der Waals surface area (Å²) in [5.74, 6) is 1.28. The number of para-hydroxylation sites is 2. The lowest BCUT2D eigenvalue weighted by Gasteiger charge is -2.48. The van der Waals surface area contributed by atoms with E-state index in [4.69, 9.17) is 0 Å². The molecule has 0 heterocycles. The van der Waals surface area contributed by atoms with Gasteiger partial charge in [0.05, 0.1) is 11.4 Å². The fraction of sp³-hybridized carbons (Fsp3) is 0.379. The van der Waals surface area contributed by atoms with Crippen molar-refractivity contribution in [2.45, 2.75) is 130 Å². The van der Waals surface area contributed by atoms with Crippen molar-refractivity contribution < 1.29 is 0 Å². The molecule has 2 nitrogen and oxygen atoms in total. The van der Waals surface area contributed by atoms with Crippen molar-refractivity contribution in [1.82, 2.24) is 0 Å². The zero-order chi connectivity index (χ0) is 42.5. The molecule has 0 radical (unpaired) electrons. The highest BCUT2D eigenvalue weighted by Gasteiger charge is 2.65. The maximum atomic E-state index is 2.64. The predicted molar refractivity (Wildman–Crippen MR) is 258 cm³/mol. The number of rotatable bonds is 6. The lowest BCUT2D eigenvalue weighted by Crippen LogP contribution is -2.43. The van der Waals surface area contributed by atoms with E-state index in [-0.39, 0.29) is 21.7 Å². The van der Waals surface area contributed by atoms with E-state index in [0.717, 1.165) is 0 Å². The van der Waals surface area contributed by atoms with Crippen LogP contribution >= 0.6 is 0 Å². The van der Waals surface area contributed by atoms with Crippen molar-refractivity contribution in [3.8, 4) is 11.1 Å². The highest BCUT2D eigenvalue weighted by atomic mass is 15.2. The smallest absolute Gasteiger partial charge is 0.0520 e. The summed E-state index contributed by atoms with van der Waals surface area (Å²) < 4.78 is 0. The average molecular weight is 791 g/mol. The van der Waals surface area contributed by atoms with Gasteiger partial charge in [-0.3, -0.25) is 0 Å². The van der Waals surface area contributed by atoms with Crippen molar-refractivity contribution in [3.63, 3.8) is 0 Å². The Hall–Kier alpha value is -5.08. The van der Waals surface area contributed by atoms with Crippen LogP contribution in [0.3, 0.4) is 0 Å². The first kappa shape index (κ1) is 40.3. The van der Waals surface area contributed by atoms with Gasteiger partial charge >= 0.3 is 0 Å². The molecule has 6 aromatic carbocycles. The zero-order valence-electron chi connectivity index (χ0n) is 38.4. The molecule has 0 saturated heterocycles. The summed E-state index contributed by atoms with van der Waals surface area (Å²) in [6, 6.07) is 46.9. The van der Waals surface area contributed by atoms with Gasteiger partial charge in [-0.15, -0.1) is 0 Å². The molecule has 2 saturated carbocycles. The minimum absolute atomic E-state index is 0.0725. The molecule has 3 aliphatic carbocycles. The molecular weight excluding hydrogens is 725 g/mol. The van der Waals surface area contributed by atoms with Crippen LogP contribution in [0.4, 0.5) is 34.1 Å². The number of nitrogens with zero attached hydrogens (tertiary/aromatic N) is 2. The summed E-state index contributed by atoms with van der Waals surface area (Å²) in [4.78, 5) is 5.11. The molecule has 0 unspecified atom stereocenters. The van der Waals surface area contributed by atoms with Gasteiger partial charge in [-0.25, -0.2) is 0 Å². The van der Waals surface area contributed by atoms with Crippen molar-refractivity contribution in [2.75, 3.05) is 9.80 Å². The topological polar surface area (TPSA) is 6.48 Å². The van der Waals surface area contributed by atoms with Crippen molar-refractivity contribution >= 4 is 34.1 Å². The molecule has 9 rings (SSSR count). The minimum atomic E-state index is 0.0725. The molecule has 60 heavy (non-hydrogen) atoms. The zero-order valence-corrected chi connectivity index (χ0v) is 38.4. The SMILES string of the molecule is Cc1cc(C(C)(C)C)cc(C)c1N(c1ccccc1)c1ccc2c(c1)C13CC(C)CC1(CC(C)C3)c1cc(N(c3ccccc3)c3c(C)cc(C(C)(C)C)cc3C)ccc1-2. The van der Waals surface area contributed by atoms with E-state index in [0.29, 0.717) is 11.8 Å². The van der Waals surface area contributed by atoms with Crippen LogP contribution in [0.2, 0.25) is 0 Å². The highest BCUT2D eigenvalue weighted by Crippen LogP contribution is 2.72. The second-order valence-electron chi connectivity index (χ2n) is 21.4. The molecule has 2 fully saturated rings. The fourth-order valence-electron chi connectivity index (χ4n) is 12.5. The normalized spacial score (nSPS) is 21.9. The first-order valence-corrected chi connectivity index (χ1v) is 22.7. The summed E-state index contributed by atoms with van der Waals surface area (Å²) in [5.41, 5.74) is 21.9. The van der Waals surface area contributed by atoms with Crippen LogP contribution in [0, 0.1) is 39.5 Å². The second kappa shape index (κ2) is 14.3. The quantitative estimate of drug-likeness (QED) is 0.166. The Balaban J connectivity index is 1.27. The van der Waals surface area contributed by atoms with Crippen LogP contribution in [0.15, 0.2) is 121 Å². The van der Waals surface area contributed by atoms with Crippen LogP contribution in [-0.4, -0.2) is 0 Å². The summed E-state index contributed by atoms with van der Waals surface area (Å²) in [5, 5.41) is 0. The van der Waals surface area contributed by atoms with Crippen LogP contribution in [-0.2, 0) is 21.7 Å². The number of hydrogen-bond acceptors (Lipinski definition) is 2. The molecule has 0 aromatic heterocycles. The average Bonchev–Trinajstić information content (AvgIpc) is 3.65. The first-order chi connectivity index (χ1) is 28.4. The van der Waals surface area contributed by atoms with Gasteiger partial charge in [-0.1, -0.05) is 128 Å². The van der Waals surface area contributed by atoms with Gasteiger partial charge < -0.3 is 9.80 Å². The molecule has 308 valence electrons. The standard InChI is InChI=1S/C58H66N2/c1-37-33-57-35-38(2)36-58(57,34-37)52-32-48(60(46-21-17-14-18-22-46)54-41(5)29-44(30-42(54)6)56(10,11)12)24-26-50(52)49-25-23-47(31-51(49)57)59(45-19-15-13-16-20-45)53-39(3)27-43(28-40(53)4)55(7,8)9/h13-32,37-38H,33-36H2,1-12H3. The Morgan fingerprint density at radius 2 is 0.733 bits per heavy atom. The Bertz CT molecular complexity index is 2360. The summed E-state index contributed by atoms with van der Waals surface area (Å²) in [6.07, 6.45) is 4.93. The van der Waals surface area contributed by atoms with Gasteiger partial charge in [0.1, 0.15) is 0 Å². The lowest BCUT2D eigenvalue weighted by atomic mass is 9.55. The second-order valence-corrected chi connectivity index (χ2v) is 21.4. The molecule has 2 heteroatoms. The molecule has 0 atom stereocenters. The Morgan fingerprint density at radius 3 is 1.03 bits per heavy atom. The molecule has 0 amide bonds. The van der Waals surface area contributed by atoms with E-state index in [1.54, 1.807) is 11.1 Å². The number of benzene rings is 6. The van der Waals surface area contributed by atoms with Gasteiger partial charge in [0.15, 0.2) is 0 Å². The number of aryl methyl sites for hydroxylation is 4. The van der Waals surface area contributed by atoms with Crippen molar-refractivity contribution in [2.24, 2.45) is 11.8 Å². The molecule has 0 spiro atoms. The minimum Gasteiger partial charge on any atom is -0.310 e. The third kappa shape index (κ3) is 6.35. The van der Waals surface area contributed by atoms with Gasteiger partial charge in [0.25, 0.3) is 0 Å². The molecule has 0 N–H and O–H groups in total. The molecular formula is C58H66N2. The van der Waals surface area contributed by atoms with E-state index in [1.807, 2.05) is 0 Å². The van der Waals surface area contributed by atoms with E-state index in [2.05, 4.69) is 214 Å². The maximum Gasteiger partial charge on any atom is 0.0520 e. The first-order valence-electron chi connectivity index (χ1n) is 22.7. The van der Waals surface area contributed by atoms with Gasteiger partial charge in [-0.2, -0.15) is 0 Å². The largest absolute Gasteiger partial charge is 0.310 e. The number of hydrogen-bond donors (Lipinski definition) is 0. The van der Waals surface area contributed by atoms with Crippen LogP contribution in [0.1, 0.15) is 126 Å². The van der Waals surface area contributed by atoms with Crippen LogP contribution in [0.5, 0.6) is 0 Å². The van der Waals surface area contributed by atoms with Crippen molar-refractivity contribution in [3.05, 3.63) is 166 Å². The lowest BCUT2D eigenvalue weighted by molar-refractivity contribution is 0.299. The molecule has 0 aliphatic heterocycles. The fourth-order valence-corrected chi connectivity index (χ4v) is 12.5. The van der Waals surface area contributed by atoms with Crippen LogP contribution in [0.25, 0.3) is 11.1 Å². The van der Waals surface area contributed by atoms with Gasteiger partial charge in [0, 0.05) is 33.6 Å². The molecule has 3 aliphatic rings. The maximum absolute atomic E-state index is 2.64. The van der Waals surface area contributed by atoms with Gasteiger partial charge in [0.2, 0.25) is 0 Å². The predicted octanol–water partition coefficient (Wildman–Crippen LogP) is 16.5. The van der Waals surface area contributed by atoms with Gasteiger partial charge in [-0.05, 0) is 180 Å².